The van der Waals surface area contributed by atoms with Gasteiger partial charge in [0.2, 0.25) is 5.70 Å². The van der Waals surface area contributed by atoms with Crippen molar-refractivity contribution in [2.45, 2.75) is 0 Å². The Bertz CT molecular complexity index is 268. The summed E-state index contributed by atoms with van der Waals surface area (Å²) in [5.41, 5.74) is 11.1. The zero-order chi connectivity index (χ0) is 8.43. The average molecular weight is 155 g/mol. The number of hydrogen-bond acceptors (Lipinski definition) is 5. The molecule has 1 unspecified atom stereocenters. The first kappa shape index (κ1) is 7.51. The highest BCUT2D eigenvalue weighted by Gasteiger charge is 2.22. The number of hydrogen-bond donors (Lipinski definition) is 3. The van der Waals surface area contributed by atoms with Crippen LogP contribution in [-0.2, 0) is 4.79 Å². The number of carbonyl (C=O) groups is 1. The van der Waals surface area contributed by atoms with Crippen molar-refractivity contribution in [1.29, 1.82) is 5.53 Å². The predicted octanol–water partition coefficient (Wildman–Crippen LogP) is -1.90. The van der Waals surface area contributed by atoms with Crippen LogP contribution in [0.3, 0.4) is 0 Å². The summed E-state index contributed by atoms with van der Waals surface area (Å²) in [7, 11) is 0. The van der Waals surface area contributed by atoms with Crippen molar-refractivity contribution < 1.29 is 9.86 Å². The summed E-state index contributed by atoms with van der Waals surface area (Å²) in [5, 5.41) is 13.0. The number of carbonyl (C=O) groups excluding carboxylic acids is 1. The number of aliphatic imine (C=N–C) groups is 1. The van der Waals surface area contributed by atoms with Gasteiger partial charge < -0.3 is 10.9 Å². The summed E-state index contributed by atoms with van der Waals surface area (Å²) < 4.78 is 0. The zero-order valence-corrected chi connectivity index (χ0v) is 5.37. The Balaban J connectivity index is 3.06. The number of nitrogens with zero attached hydrogens (tertiary/aromatic N) is 2. The van der Waals surface area contributed by atoms with Gasteiger partial charge in [-0.05, 0) is 0 Å². The molecule has 0 aliphatic carbocycles. The normalized spacial score (nSPS) is 22.5. The van der Waals surface area contributed by atoms with Crippen molar-refractivity contribution in [3.63, 3.8) is 0 Å². The summed E-state index contributed by atoms with van der Waals surface area (Å²) in [6, 6.07) is 0. The molecule has 58 valence electrons. The molecule has 1 aliphatic rings. The number of nitrogens with one attached hydrogen (secondary N) is 2. The van der Waals surface area contributed by atoms with Crippen LogP contribution in [0, 0.1) is 10.7 Å². The second kappa shape index (κ2) is 2.56. The molecule has 0 fully saturated rings. The molecule has 4 N–H and O–H groups in total. The van der Waals surface area contributed by atoms with E-state index in [4.69, 9.17) is 11.3 Å². The van der Waals surface area contributed by atoms with Crippen molar-refractivity contribution in [3.05, 3.63) is 16.7 Å². The lowest BCUT2D eigenvalue weighted by Gasteiger charge is -2.08. The fraction of sp³-hybridized carbons (Fsp3) is 0. The summed E-state index contributed by atoms with van der Waals surface area (Å²) in [5.74, 6) is -1.14. The highest BCUT2D eigenvalue weighted by Crippen LogP contribution is 2.03. The van der Waals surface area contributed by atoms with Crippen LogP contribution in [0.15, 0.2) is 21.6 Å². The van der Waals surface area contributed by atoms with E-state index >= 15 is 0 Å². The summed E-state index contributed by atoms with van der Waals surface area (Å²) in [6.45, 7) is 0. The Hall–Kier alpha value is -1.60. The lowest BCUT2D eigenvalue weighted by Crippen LogP contribution is -3.02. The van der Waals surface area contributed by atoms with E-state index in [0.717, 1.165) is 6.34 Å². The van der Waals surface area contributed by atoms with Crippen molar-refractivity contribution in [2.24, 2.45) is 15.8 Å². The van der Waals surface area contributed by atoms with Crippen molar-refractivity contribution in [3.8, 4) is 0 Å². The smallest absolute Gasteiger partial charge is 0.282 e. The third-order valence-electron chi connectivity index (χ3n) is 1.11. The molecule has 0 spiro atoms. The molecular formula is C4H5N5O2. The number of nitrogens with two attached hydrogens (primary N) is 1. The average Bonchev–Trinajstić information content (AvgIpc) is 2.30. The van der Waals surface area contributed by atoms with E-state index in [1.807, 2.05) is 0 Å². The third-order valence-corrected chi connectivity index (χ3v) is 1.11. The maximum Gasteiger partial charge on any atom is 0.282 e. The molecule has 7 heteroatoms. The van der Waals surface area contributed by atoms with Crippen molar-refractivity contribution in [1.82, 2.24) is 0 Å². The highest BCUT2D eigenvalue weighted by molar-refractivity contribution is 5.94. The Labute approximate surface area is 61.3 Å². The molecule has 0 aromatic carbocycles. The fourth-order valence-electron chi connectivity index (χ4n) is 0.651. The molecule has 0 aromatic rings. The molecule has 1 amide bonds. The molecule has 7 nitrogen and oxygen atoms in total. The largest absolute Gasteiger partial charge is 0.621 e. The van der Waals surface area contributed by atoms with Crippen LogP contribution in [0.25, 0.3) is 0 Å². The lowest BCUT2D eigenvalue weighted by atomic mass is 10.4. The second-order valence-corrected chi connectivity index (χ2v) is 1.80. The van der Waals surface area contributed by atoms with Crippen molar-refractivity contribution in [2.75, 3.05) is 0 Å². The highest BCUT2D eigenvalue weighted by atomic mass is 16.5. The van der Waals surface area contributed by atoms with Crippen LogP contribution < -0.4 is 10.8 Å². The SMILES string of the molecule is N=NC1=C(C(N)=O)N=C[NH+]1[O-]. The molecule has 0 saturated heterocycles. The number of quaternary nitrogens is 1. The quantitative estimate of drug-likeness (QED) is 0.318. The molecule has 1 rings (SSSR count). The monoisotopic (exact) mass is 155 g/mol. The zero-order valence-electron chi connectivity index (χ0n) is 5.37. The van der Waals surface area contributed by atoms with Gasteiger partial charge in [0.15, 0.2) is 6.34 Å². The van der Waals surface area contributed by atoms with Gasteiger partial charge in [-0.2, -0.15) is 10.5 Å². The topological polar surface area (TPSA) is 119 Å². The van der Waals surface area contributed by atoms with E-state index in [1.165, 1.54) is 0 Å². The van der Waals surface area contributed by atoms with Gasteiger partial charge in [0, 0.05) is 0 Å². The van der Waals surface area contributed by atoms with Gasteiger partial charge in [-0.1, -0.05) is 5.11 Å². The standard InChI is InChI=1S/C4H5N5O2/c5-3(10)2-4(8-6)9(11)1-7-2/h1,6,9H,(H2,5,10). The molecule has 0 radical (unpaired) electrons. The van der Waals surface area contributed by atoms with Gasteiger partial charge in [-0.25, -0.2) is 0 Å². The van der Waals surface area contributed by atoms with E-state index < -0.39 is 11.0 Å². The molecule has 0 saturated carbocycles. The number of primary amides is 1. The van der Waals surface area contributed by atoms with Gasteiger partial charge in [0.1, 0.15) is 0 Å². The van der Waals surface area contributed by atoms with Crippen LogP contribution >= 0.6 is 0 Å². The van der Waals surface area contributed by atoms with Gasteiger partial charge >= 0.3 is 0 Å². The Kier molecular flexibility index (Phi) is 1.75. The Morgan fingerprint density at radius 2 is 2.55 bits per heavy atom. The van der Waals surface area contributed by atoms with E-state index in [-0.39, 0.29) is 11.5 Å². The van der Waals surface area contributed by atoms with Crippen LogP contribution in [0.1, 0.15) is 0 Å². The molecule has 0 aromatic heterocycles. The van der Waals surface area contributed by atoms with Crippen LogP contribution in [0.4, 0.5) is 0 Å². The lowest BCUT2D eigenvalue weighted by molar-refractivity contribution is -0.691. The van der Waals surface area contributed by atoms with E-state index in [1.54, 1.807) is 0 Å². The van der Waals surface area contributed by atoms with Crippen LogP contribution in [0.5, 0.6) is 0 Å². The minimum absolute atomic E-state index is 0.245. The van der Waals surface area contributed by atoms with Gasteiger partial charge in [0.05, 0.1) is 0 Å². The predicted molar refractivity (Wildman–Crippen MR) is 34.2 cm³/mol. The molecule has 11 heavy (non-hydrogen) atoms. The Morgan fingerprint density at radius 3 is 2.91 bits per heavy atom. The summed E-state index contributed by atoms with van der Waals surface area (Å²) in [6.07, 6.45) is 0.910. The minimum Gasteiger partial charge on any atom is -0.621 e. The van der Waals surface area contributed by atoms with Gasteiger partial charge in [-0.15, -0.1) is 0 Å². The van der Waals surface area contributed by atoms with Crippen LogP contribution in [-0.4, -0.2) is 12.2 Å². The molecular weight excluding hydrogens is 150 g/mol. The first-order valence-corrected chi connectivity index (χ1v) is 2.66. The van der Waals surface area contributed by atoms with Gasteiger partial charge in [0.25, 0.3) is 11.7 Å². The first-order valence-electron chi connectivity index (χ1n) is 2.66. The van der Waals surface area contributed by atoms with Gasteiger partial charge in [-0.3, -0.25) is 9.86 Å². The maximum atomic E-state index is 10.7. The fourth-order valence-corrected chi connectivity index (χ4v) is 0.651. The number of rotatable bonds is 2. The van der Waals surface area contributed by atoms with E-state index in [9.17, 15) is 10.0 Å². The molecule has 1 atom stereocenters. The second-order valence-electron chi connectivity index (χ2n) is 1.80. The molecule has 1 aliphatic heterocycles. The maximum absolute atomic E-state index is 10.7. The van der Waals surface area contributed by atoms with E-state index in [0.29, 0.717) is 0 Å². The number of hydroxylamine groups is 2. The minimum atomic E-state index is -0.849. The third kappa shape index (κ3) is 1.14. The first-order chi connectivity index (χ1) is 5.16. The summed E-state index contributed by atoms with van der Waals surface area (Å²) >= 11 is 0. The van der Waals surface area contributed by atoms with Crippen molar-refractivity contribution >= 4 is 12.2 Å². The van der Waals surface area contributed by atoms with Crippen LogP contribution in [0.2, 0.25) is 0 Å². The molecule has 1 heterocycles. The Morgan fingerprint density at radius 1 is 1.91 bits per heavy atom. The molecule has 0 bridgehead atoms. The van der Waals surface area contributed by atoms with E-state index in [2.05, 4.69) is 10.1 Å². The summed E-state index contributed by atoms with van der Waals surface area (Å²) in [4.78, 5) is 13.9. The number of amides is 1.